The lowest BCUT2D eigenvalue weighted by atomic mass is 10.1. The van der Waals surface area contributed by atoms with E-state index in [0.717, 1.165) is 25.3 Å². The summed E-state index contributed by atoms with van der Waals surface area (Å²) in [6, 6.07) is 3.96. The zero-order chi connectivity index (χ0) is 12.5. The van der Waals surface area contributed by atoms with Gasteiger partial charge in [0.25, 0.3) is 5.91 Å². The van der Waals surface area contributed by atoms with Gasteiger partial charge < -0.3 is 14.6 Å². The van der Waals surface area contributed by atoms with Crippen molar-refractivity contribution in [2.24, 2.45) is 0 Å². The molecule has 0 aliphatic carbocycles. The summed E-state index contributed by atoms with van der Waals surface area (Å²) in [5.41, 5.74) is 1.58. The molecule has 18 heavy (non-hydrogen) atoms. The number of carbonyl (C=O) groups excluding carboxylic acids is 1. The molecule has 5 nitrogen and oxygen atoms in total. The van der Waals surface area contributed by atoms with Crippen LogP contribution >= 0.6 is 0 Å². The molecule has 0 radical (unpaired) electrons. The van der Waals surface area contributed by atoms with Crippen LogP contribution in [0.25, 0.3) is 5.65 Å². The van der Waals surface area contributed by atoms with Crippen molar-refractivity contribution in [3.63, 3.8) is 0 Å². The van der Waals surface area contributed by atoms with E-state index in [4.69, 9.17) is 0 Å². The molecule has 1 amide bonds. The van der Waals surface area contributed by atoms with Gasteiger partial charge in [0.05, 0.1) is 5.56 Å². The van der Waals surface area contributed by atoms with Crippen LogP contribution in [-0.2, 0) is 0 Å². The molecule has 2 aromatic rings. The van der Waals surface area contributed by atoms with E-state index >= 15 is 0 Å². The summed E-state index contributed by atoms with van der Waals surface area (Å²) < 4.78 is 1.88. The Balaban J connectivity index is 1.90. The number of nitrogens with zero attached hydrogens (tertiary/aromatic N) is 3. The highest BCUT2D eigenvalue weighted by molar-refractivity contribution is 5.94. The van der Waals surface area contributed by atoms with Gasteiger partial charge in [-0.05, 0) is 19.1 Å². The number of nitrogens with one attached hydrogen (secondary N) is 1. The molecule has 1 aliphatic heterocycles. The van der Waals surface area contributed by atoms with Crippen LogP contribution in [0.3, 0.4) is 0 Å². The molecular formula is C13H16N4O. The zero-order valence-corrected chi connectivity index (χ0v) is 10.3. The quantitative estimate of drug-likeness (QED) is 0.806. The molecule has 0 saturated carbocycles. The molecule has 1 saturated heterocycles. The first-order valence-corrected chi connectivity index (χ1v) is 6.20. The van der Waals surface area contributed by atoms with E-state index < -0.39 is 0 Å². The monoisotopic (exact) mass is 244 g/mol. The maximum absolute atomic E-state index is 12.4. The van der Waals surface area contributed by atoms with Crippen LogP contribution in [0, 0.1) is 0 Å². The van der Waals surface area contributed by atoms with Gasteiger partial charge in [0.15, 0.2) is 0 Å². The second-order valence-corrected chi connectivity index (χ2v) is 4.66. The smallest absolute Gasteiger partial charge is 0.255 e. The number of amides is 1. The van der Waals surface area contributed by atoms with Crippen molar-refractivity contribution in [1.29, 1.82) is 0 Å². The number of hydrogen-bond donors (Lipinski definition) is 1. The fourth-order valence-corrected chi connectivity index (χ4v) is 2.36. The van der Waals surface area contributed by atoms with Crippen molar-refractivity contribution in [2.45, 2.75) is 13.0 Å². The van der Waals surface area contributed by atoms with Crippen LogP contribution in [0.5, 0.6) is 0 Å². The Labute approximate surface area is 105 Å². The molecule has 3 rings (SSSR count). The second kappa shape index (κ2) is 4.42. The van der Waals surface area contributed by atoms with E-state index in [1.54, 1.807) is 6.20 Å². The van der Waals surface area contributed by atoms with Crippen LogP contribution in [0.4, 0.5) is 0 Å². The molecule has 94 valence electrons. The summed E-state index contributed by atoms with van der Waals surface area (Å²) in [6.45, 7) is 4.56. The van der Waals surface area contributed by atoms with Crippen molar-refractivity contribution in [1.82, 2.24) is 19.6 Å². The Kier molecular flexibility index (Phi) is 2.76. The third-order valence-corrected chi connectivity index (χ3v) is 3.40. The predicted octanol–water partition coefficient (Wildman–Crippen LogP) is 0.768. The Morgan fingerprint density at radius 3 is 3.22 bits per heavy atom. The molecule has 0 bridgehead atoms. The maximum atomic E-state index is 12.4. The first-order valence-electron chi connectivity index (χ1n) is 6.20. The minimum Gasteiger partial charge on any atom is -0.333 e. The maximum Gasteiger partial charge on any atom is 0.255 e. The number of hydrogen-bond acceptors (Lipinski definition) is 3. The molecular weight excluding hydrogens is 228 g/mol. The molecule has 1 atom stereocenters. The Morgan fingerprint density at radius 2 is 2.39 bits per heavy atom. The minimum atomic E-state index is 0.0969. The minimum absolute atomic E-state index is 0.0969. The van der Waals surface area contributed by atoms with E-state index in [9.17, 15) is 4.79 Å². The van der Waals surface area contributed by atoms with E-state index in [0.29, 0.717) is 5.56 Å². The van der Waals surface area contributed by atoms with Gasteiger partial charge in [-0.3, -0.25) is 4.79 Å². The van der Waals surface area contributed by atoms with E-state index in [1.165, 1.54) is 0 Å². The summed E-state index contributed by atoms with van der Waals surface area (Å²) in [5, 5.41) is 3.29. The van der Waals surface area contributed by atoms with Crippen LogP contribution in [0.15, 0.2) is 30.7 Å². The SMILES string of the molecule is CC1CNCCN1C(=O)c1ccc2nccn2c1. The van der Waals surface area contributed by atoms with Crippen molar-refractivity contribution in [3.05, 3.63) is 36.3 Å². The Bertz CT molecular complexity index is 577. The Morgan fingerprint density at radius 1 is 1.50 bits per heavy atom. The van der Waals surface area contributed by atoms with Gasteiger partial charge >= 0.3 is 0 Å². The number of imidazole rings is 1. The summed E-state index contributed by atoms with van der Waals surface area (Å²) in [6.07, 6.45) is 5.43. The van der Waals surface area contributed by atoms with Crippen molar-refractivity contribution in [2.75, 3.05) is 19.6 Å². The van der Waals surface area contributed by atoms with E-state index in [-0.39, 0.29) is 11.9 Å². The van der Waals surface area contributed by atoms with Gasteiger partial charge in [0.2, 0.25) is 0 Å². The highest BCUT2D eigenvalue weighted by atomic mass is 16.2. The van der Waals surface area contributed by atoms with Gasteiger partial charge in [0, 0.05) is 44.3 Å². The van der Waals surface area contributed by atoms with E-state index in [1.807, 2.05) is 33.8 Å². The summed E-state index contributed by atoms with van der Waals surface area (Å²) >= 11 is 0. The standard InChI is InChI=1S/C13H16N4O/c1-10-8-14-4-7-17(10)13(18)11-2-3-12-15-5-6-16(12)9-11/h2-3,5-6,9-10,14H,4,7-8H2,1H3. The lowest BCUT2D eigenvalue weighted by Gasteiger charge is -2.34. The number of pyridine rings is 1. The van der Waals surface area contributed by atoms with Crippen molar-refractivity contribution >= 4 is 11.6 Å². The van der Waals surface area contributed by atoms with Crippen LogP contribution in [0.2, 0.25) is 0 Å². The summed E-state index contributed by atoms with van der Waals surface area (Å²) in [5.74, 6) is 0.0969. The van der Waals surface area contributed by atoms with Crippen LogP contribution in [-0.4, -0.2) is 45.9 Å². The number of piperazine rings is 1. The fourth-order valence-electron chi connectivity index (χ4n) is 2.36. The first-order chi connectivity index (χ1) is 8.75. The molecule has 1 N–H and O–H groups in total. The Hall–Kier alpha value is -1.88. The fraction of sp³-hybridized carbons (Fsp3) is 0.385. The highest BCUT2D eigenvalue weighted by Gasteiger charge is 2.24. The average molecular weight is 244 g/mol. The van der Waals surface area contributed by atoms with Crippen molar-refractivity contribution < 1.29 is 4.79 Å². The third kappa shape index (κ3) is 1.86. The van der Waals surface area contributed by atoms with Gasteiger partial charge in [0.1, 0.15) is 5.65 Å². The number of aromatic nitrogens is 2. The zero-order valence-electron chi connectivity index (χ0n) is 10.3. The second-order valence-electron chi connectivity index (χ2n) is 4.66. The predicted molar refractivity (Wildman–Crippen MR) is 68.6 cm³/mol. The molecule has 2 aromatic heterocycles. The summed E-state index contributed by atoms with van der Waals surface area (Å²) in [4.78, 5) is 18.5. The average Bonchev–Trinajstić information content (AvgIpc) is 2.85. The molecule has 5 heteroatoms. The van der Waals surface area contributed by atoms with E-state index in [2.05, 4.69) is 17.2 Å². The lowest BCUT2D eigenvalue weighted by molar-refractivity contribution is 0.0655. The highest BCUT2D eigenvalue weighted by Crippen LogP contribution is 2.11. The molecule has 0 aromatic carbocycles. The topological polar surface area (TPSA) is 49.6 Å². The van der Waals surface area contributed by atoms with Gasteiger partial charge in [-0.2, -0.15) is 0 Å². The van der Waals surface area contributed by atoms with Crippen LogP contribution in [0.1, 0.15) is 17.3 Å². The normalized spacial score (nSPS) is 20.3. The van der Waals surface area contributed by atoms with Gasteiger partial charge in [-0.15, -0.1) is 0 Å². The summed E-state index contributed by atoms with van der Waals surface area (Å²) in [7, 11) is 0. The number of carbonyl (C=O) groups is 1. The molecule has 1 aliphatic rings. The third-order valence-electron chi connectivity index (χ3n) is 3.40. The molecule has 3 heterocycles. The van der Waals surface area contributed by atoms with Crippen LogP contribution < -0.4 is 5.32 Å². The number of fused-ring (bicyclic) bond motifs is 1. The lowest BCUT2D eigenvalue weighted by Crippen LogP contribution is -2.52. The number of rotatable bonds is 1. The first kappa shape index (κ1) is 11.2. The molecule has 0 spiro atoms. The van der Waals surface area contributed by atoms with Gasteiger partial charge in [-0.1, -0.05) is 0 Å². The molecule has 1 unspecified atom stereocenters. The molecule has 1 fully saturated rings. The van der Waals surface area contributed by atoms with Gasteiger partial charge in [-0.25, -0.2) is 4.98 Å². The largest absolute Gasteiger partial charge is 0.333 e. The van der Waals surface area contributed by atoms with Crippen molar-refractivity contribution in [3.8, 4) is 0 Å².